The molecule has 2 rings (SSSR count). The summed E-state index contributed by atoms with van der Waals surface area (Å²) >= 11 is 0. The smallest absolute Gasteiger partial charge is 0.336 e. The van der Waals surface area contributed by atoms with E-state index in [0.29, 0.717) is 26.0 Å². The second kappa shape index (κ2) is 7.00. The van der Waals surface area contributed by atoms with Crippen LogP contribution in [0.5, 0.6) is 0 Å². The fourth-order valence-electron chi connectivity index (χ4n) is 2.09. The number of esters is 1. The molecule has 0 radical (unpaired) electrons. The maximum Gasteiger partial charge on any atom is 0.336 e. The van der Waals surface area contributed by atoms with Crippen molar-refractivity contribution < 1.29 is 19.1 Å². The van der Waals surface area contributed by atoms with E-state index < -0.39 is 12.1 Å². The zero-order valence-electron chi connectivity index (χ0n) is 11.4. The van der Waals surface area contributed by atoms with Gasteiger partial charge in [0.25, 0.3) is 0 Å². The molecule has 0 spiro atoms. The number of nitrogens with zero attached hydrogens (tertiary/aromatic N) is 2. The van der Waals surface area contributed by atoms with E-state index in [0.717, 1.165) is 5.69 Å². The monoisotopic (exact) mass is 278 g/mol. The lowest BCUT2D eigenvalue weighted by atomic mass is 10.2. The van der Waals surface area contributed by atoms with Crippen molar-refractivity contribution in [3.63, 3.8) is 0 Å². The number of ether oxygens (including phenoxy) is 2. The normalized spacial score (nSPS) is 18.6. The molecule has 1 aliphatic rings. The van der Waals surface area contributed by atoms with Gasteiger partial charge in [0.05, 0.1) is 20.3 Å². The minimum absolute atomic E-state index is 0.00727. The molecule has 108 valence electrons. The average molecular weight is 278 g/mol. The highest BCUT2D eigenvalue weighted by Crippen LogP contribution is 2.09. The number of morpholine rings is 1. The standard InChI is InChI=1S/C14H18N2O4/c1-19-14(18)12-10-16(8-9-20-12)13(17)6-5-11-4-2-3-7-15-11/h2-4,7,12H,5-6,8-10H2,1H3. The largest absolute Gasteiger partial charge is 0.467 e. The van der Waals surface area contributed by atoms with E-state index in [-0.39, 0.29) is 12.5 Å². The van der Waals surface area contributed by atoms with Crippen LogP contribution in [-0.2, 0) is 25.5 Å². The Balaban J connectivity index is 1.84. The first kappa shape index (κ1) is 14.5. The van der Waals surface area contributed by atoms with Gasteiger partial charge in [0.1, 0.15) is 0 Å². The van der Waals surface area contributed by atoms with Gasteiger partial charge in [0.2, 0.25) is 5.91 Å². The van der Waals surface area contributed by atoms with Crippen LogP contribution in [-0.4, -0.2) is 54.7 Å². The van der Waals surface area contributed by atoms with Crippen molar-refractivity contribution >= 4 is 11.9 Å². The maximum absolute atomic E-state index is 12.1. The third-order valence-corrected chi connectivity index (χ3v) is 3.20. The van der Waals surface area contributed by atoms with Gasteiger partial charge in [0.15, 0.2) is 6.10 Å². The zero-order chi connectivity index (χ0) is 14.4. The summed E-state index contributed by atoms with van der Waals surface area (Å²) in [6.45, 7) is 1.12. The van der Waals surface area contributed by atoms with Crippen LogP contribution in [0.2, 0.25) is 0 Å². The van der Waals surface area contributed by atoms with Crippen LogP contribution in [0.1, 0.15) is 12.1 Å². The summed E-state index contributed by atoms with van der Waals surface area (Å²) in [6.07, 6.45) is 2.01. The molecule has 1 aliphatic heterocycles. The van der Waals surface area contributed by atoms with Crippen molar-refractivity contribution in [1.82, 2.24) is 9.88 Å². The van der Waals surface area contributed by atoms with Gasteiger partial charge in [-0.05, 0) is 18.6 Å². The highest BCUT2D eigenvalue weighted by molar-refractivity contribution is 5.79. The summed E-state index contributed by atoms with van der Waals surface area (Å²) in [6, 6.07) is 5.63. The van der Waals surface area contributed by atoms with Crippen molar-refractivity contribution in [2.75, 3.05) is 26.8 Å². The number of pyridine rings is 1. The highest BCUT2D eigenvalue weighted by atomic mass is 16.6. The number of carbonyl (C=O) groups is 2. The molecule has 1 unspecified atom stereocenters. The fraction of sp³-hybridized carbons (Fsp3) is 0.500. The van der Waals surface area contributed by atoms with Gasteiger partial charge in [-0.25, -0.2) is 4.79 Å². The molecule has 1 aromatic heterocycles. The van der Waals surface area contributed by atoms with Gasteiger partial charge in [0, 0.05) is 24.9 Å². The van der Waals surface area contributed by atoms with E-state index in [1.54, 1.807) is 11.1 Å². The fourth-order valence-corrected chi connectivity index (χ4v) is 2.09. The highest BCUT2D eigenvalue weighted by Gasteiger charge is 2.29. The predicted octanol–water partition coefficient (Wildman–Crippen LogP) is 0.415. The van der Waals surface area contributed by atoms with Crippen molar-refractivity contribution in [1.29, 1.82) is 0 Å². The van der Waals surface area contributed by atoms with E-state index in [9.17, 15) is 9.59 Å². The van der Waals surface area contributed by atoms with Gasteiger partial charge < -0.3 is 14.4 Å². The van der Waals surface area contributed by atoms with Gasteiger partial charge in [-0.2, -0.15) is 0 Å². The Morgan fingerprint density at radius 3 is 3.05 bits per heavy atom. The maximum atomic E-state index is 12.1. The summed E-state index contributed by atoms with van der Waals surface area (Å²) < 4.78 is 9.93. The Bertz CT molecular complexity index is 464. The molecule has 1 atom stereocenters. The van der Waals surface area contributed by atoms with E-state index in [1.807, 2.05) is 18.2 Å². The van der Waals surface area contributed by atoms with Crippen LogP contribution < -0.4 is 0 Å². The van der Waals surface area contributed by atoms with Crippen molar-refractivity contribution in [3.05, 3.63) is 30.1 Å². The zero-order valence-corrected chi connectivity index (χ0v) is 11.4. The number of carbonyl (C=O) groups excluding carboxylic acids is 2. The van der Waals surface area contributed by atoms with Crippen LogP contribution >= 0.6 is 0 Å². The molecule has 1 saturated heterocycles. The molecule has 20 heavy (non-hydrogen) atoms. The molecule has 6 nitrogen and oxygen atoms in total. The number of rotatable bonds is 4. The Labute approximate surface area is 117 Å². The molecule has 0 aliphatic carbocycles. The summed E-state index contributed by atoms with van der Waals surface area (Å²) in [5.41, 5.74) is 0.888. The number of aromatic nitrogens is 1. The number of aryl methyl sites for hydroxylation is 1. The molecule has 1 fully saturated rings. The molecule has 0 bridgehead atoms. The van der Waals surface area contributed by atoms with E-state index in [4.69, 9.17) is 4.74 Å². The van der Waals surface area contributed by atoms with Crippen LogP contribution in [0.4, 0.5) is 0 Å². The summed E-state index contributed by atoms with van der Waals surface area (Å²) in [5, 5.41) is 0. The first-order valence-corrected chi connectivity index (χ1v) is 6.58. The van der Waals surface area contributed by atoms with Crippen molar-refractivity contribution in [2.45, 2.75) is 18.9 Å². The lowest BCUT2D eigenvalue weighted by Gasteiger charge is -2.31. The molecule has 1 amide bonds. The molecule has 0 N–H and O–H groups in total. The molecule has 1 aromatic rings. The van der Waals surface area contributed by atoms with Gasteiger partial charge in [-0.3, -0.25) is 9.78 Å². The van der Waals surface area contributed by atoms with Gasteiger partial charge in [-0.15, -0.1) is 0 Å². The lowest BCUT2D eigenvalue weighted by Crippen LogP contribution is -2.48. The lowest BCUT2D eigenvalue weighted by molar-refractivity contribution is -0.162. The summed E-state index contributed by atoms with van der Waals surface area (Å²) in [7, 11) is 1.31. The SMILES string of the molecule is COC(=O)C1CN(C(=O)CCc2ccccn2)CCO1. The van der Waals surface area contributed by atoms with Crippen molar-refractivity contribution in [3.8, 4) is 0 Å². The third kappa shape index (κ3) is 3.77. The third-order valence-electron chi connectivity index (χ3n) is 3.20. The number of amides is 1. The predicted molar refractivity (Wildman–Crippen MR) is 70.9 cm³/mol. The topological polar surface area (TPSA) is 68.7 Å². The molecular formula is C14H18N2O4. The quantitative estimate of drug-likeness (QED) is 0.746. The number of hydrogen-bond donors (Lipinski definition) is 0. The minimum Gasteiger partial charge on any atom is -0.467 e. The summed E-state index contributed by atoms with van der Waals surface area (Å²) in [4.78, 5) is 29.4. The van der Waals surface area contributed by atoms with Crippen LogP contribution in [0, 0.1) is 0 Å². The molecule has 0 aromatic carbocycles. The first-order valence-electron chi connectivity index (χ1n) is 6.58. The molecule has 0 saturated carbocycles. The second-order valence-electron chi connectivity index (χ2n) is 4.54. The van der Waals surface area contributed by atoms with E-state index >= 15 is 0 Å². The number of hydrogen-bond acceptors (Lipinski definition) is 5. The summed E-state index contributed by atoms with van der Waals surface area (Å²) in [5.74, 6) is -0.430. The average Bonchev–Trinajstić information content (AvgIpc) is 2.53. The van der Waals surface area contributed by atoms with Crippen LogP contribution in [0.25, 0.3) is 0 Å². The Hall–Kier alpha value is -1.95. The Morgan fingerprint density at radius 2 is 2.35 bits per heavy atom. The first-order chi connectivity index (χ1) is 9.70. The van der Waals surface area contributed by atoms with Gasteiger partial charge in [-0.1, -0.05) is 6.07 Å². The molecular weight excluding hydrogens is 260 g/mol. The molecule has 6 heteroatoms. The van der Waals surface area contributed by atoms with E-state index in [1.165, 1.54) is 7.11 Å². The minimum atomic E-state index is -0.674. The number of methoxy groups -OCH3 is 1. The van der Waals surface area contributed by atoms with Crippen LogP contribution in [0.15, 0.2) is 24.4 Å². The van der Waals surface area contributed by atoms with E-state index in [2.05, 4.69) is 9.72 Å². The van der Waals surface area contributed by atoms with Crippen LogP contribution in [0.3, 0.4) is 0 Å². The van der Waals surface area contributed by atoms with Gasteiger partial charge >= 0.3 is 5.97 Å². The molecule has 2 heterocycles. The Morgan fingerprint density at radius 1 is 1.50 bits per heavy atom. The second-order valence-corrected chi connectivity index (χ2v) is 4.54. The Kier molecular flexibility index (Phi) is 5.06. The van der Waals surface area contributed by atoms with Crippen molar-refractivity contribution in [2.24, 2.45) is 0 Å².